The number of aldehydes is 1. The summed E-state index contributed by atoms with van der Waals surface area (Å²) in [6.45, 7) is 5.89. The number of imidazole rings is 1. The van der Waals surface area contributed by atoms with E-state index in [-0.39, 0.29) is 17.5 Å². The van der Waals surface area contributed by atoms with Gasteiger partial charge >= 0.3 is 5.97 Å². The molecule has 0 bridgehead atoms. The Morgan fingerprint density at radius 3 is 2.69 bits per heavy atom. The number of aromatic nitrogens is 2. The molecule has 0 radical (unpaired) electrons. The number of halogens is 1. The largest absolute Gasteiger partial charge is 0.458 e. The summed E-state index contributed by atoms with van der Waals surface area (Å²) in [5, 5.41) is 0. The van der Waals surface area contributed by atoms with E-state index in [4.69, 9.17) is 4.74 Å². The molecule has 0 N–H and O–H groups in total. The Morgan fingerprint density at radius 1 is 1.62 bits per heavy atom. The summed E-state index contributed by atoms with van der Waals surface area (Å²) in [5.41, 5.74) is 0.289. The molecule has 88 valence electrons. The van der Waals surface area contributed by atoms with E-state index >= 15 is 0 Å². The summed E-state index contributed by atoms with van der Waals surface area (Å²) in [5.74, 6) is -0.530. The molecule has 0 spiro atoms. The number of hydrogen-bond acceptors (Lipinski definition) is 4. The first kappa shape index (κ1) is 12.9. The second-order valence-electron chi connectivity index (χ2n) is 3.43. The molecule has 1 aromatic heterocycles. The first-order valence-corrected chi connectivity index (χ1v) is 5.72. The number of ether oxygens (including phenoxy) is 1. The molecule has 5 nitrogen and oxygen atoms in total. The second kappa shape index (κ2) is 5.25. The average Bonchev–Trinajstić information content (AvgIpc) is 2.53. The third-order valence-corrected chi connectivity index (χ3v) is 2.52. The van der Waals surface area contributed by atoms with Gasteiger partial charge in [-0.25, -0.2) is 9.78 Å². The topological polar surface area (TPSA) is 61.2 Å². The van der Waals surface area contributed by atoms with E-state index in [0.717, 1.165) is 0 Å². The maximum absolute atomic E-state index is 11.8. The van der Waals surface area contributed by atoms with Gasteiger partial charge in [0.05, 0.1) is 6.10 Å². The minimum Gasteiger partial charge on any atom is -0.458 e. The maximum atomic E-state index is 11.8. The van der Waals surface area contributed by atoms with E-state index in [9.17, 15) is 9.59 Å². The van der Waals surface area contributed by atoms with Gasteiger partial charge in [-0.15, -0.1) is 0 Å². The molecule has 0 aliphatic rings. The molecule has 0 atom stereocenters. The Hall–Kier alpha value is -1.17. The Bertz CT molecular complexity index is 412. The maximum Gasteiger partial charge on any atom is 0.357 e. The zero-order chi connectivity index (χ0) is 12.3. The Labute approximate surface area is 102 Å². The SMILES string of the molecule is CCn1c(Br)nc(C=O)c1C(=O)OC(C)C. The highest BCUT2D eigenvalue weighted by Crippen LogP contribution is 2.17. The molecule has 16 heavy (non-hydrogen) atoms. The lowest BCUT2D eigenvalue weighted by molar-refractivity contribution is 0.0363. The van der Waals surface area contributed by atoms with Crippen molar-refractivity contribution in [3.63, 3.8) is 0 Å². The van der Waals surface area contributed by atoms with E-state index < -0.39 is 5.97 Å². The first-order valence-electron chi connectivity index (χ1n) is 4.93. The summed E-state index contributed by atoms with van der Waals surface area (Å²) in [4.78, 5) is 26.5. The fraction of sp³-hybridized carbons (Fsp3) is 0.500. The highest BCUT2D eigenvalue weighted by Gasteiger charge is 2.22. The van der Waals surface area contributed by atoms with Crippen molar-refractivity contribution in [3.05, 3.63) is 16.1 Å². The van der Waals surface area contributed by atoms with Gasteiger partial charge in [-0.05, 0) is 36.7 Å². The lowest BCUT2D eigenvalue weighted by Crippen LogP contribution is -2.17. The van der Waals surface area contributed by atoms with Crippen molar-refractivity contribution in [3.8, 4) is 0 Å². The highest BCUT2D eigenvalue weighted by molar-refractivity contribution is 9.10. The molecule has 0 saturated heterocycles. The van der Waals surface area contributed by atoms with E-state index in [1.165, 1.54) is 0 Å². The van der Waals surface area contributed by atoms with Crippen LogP contribution in [0.4, 0.5) is 0 Å². The third kappa shape index (κ3) is 2.49. The lowest BCUT2D eigenvalue weighted by Gasteiger charge is -2.09. The van der Waals surface area contributed by atoms with Gasteiger partial charge in [0.1, 0.15) is 5.69 Å². The van der Waals surface area contributed by atoms with Crippen LogP contribution in [0.2, 0.25) is 0 Å². The van der Waals surface area contributed by atoms with Gasteiger partial charge in [-0.1, -0.05) is 0 Å². The van der Waals surface area contributed by atoms with Crippen molar-refractivity contribution >= 4 is 28.2 Å². The minimum atomic E-state index is -0.530. The number of carbonyl (C=O) groups excluding carboxylic acids is 2. The minimum absolute atomic E-state index is 0.0966. The molecule has 1 aromatic rings. The molecular formula is C10H13BrN2O3. The van der Waals surface area contributed by atoms with Gasteiger partial charge < -0.3 is 9.30 Å². The third-order valence-electron chi connectivity index (χ3n) is 1.91. The van der Waals surface area contributed by atoms with Crippen LogP contribution in [-0.4, -0.2) is 27.9 Å². The van der Waals surface area contributed by atoms with E-state index in [1.54, 1.807) is 18.4 Å². The van der Waals surface area contributed by atoms with Crippen LogP contribution in [0.15, 0.2) is 4.73 Å². The van der Waals surface area contributed by atoms with Crippen molar-refractivity contribution in [2.45, 2.75) is 33.4 Å². The zero-order valence-electron chi connectivity index (χ0n) is 9.36. The van der Waals surface area contributed by atoms with E-state index in [1.807, 2.05) is 6.92 Å². The monoisotopic (exact) mass is 288 g/mol. The van der Waals surface area contributed by atoms with Crippen LogP contribution < -0.4 is 0 Å². The standard InChI is InChI=1S/C10H13BrN2O3/c1-4-13-8(9(15)16-6(2)3)7(5-14)12-10(13)11/h5-6H,4H2,1-3H3. The molecule has 0 aliphatic heterocycles. The van der Waals surface area contributed by atoms with Gasteiger partial charge in [-0.2, -0.15) is 0 Å². The number of esters is 1. The summed E-state index contributed by atoms with van der Waals surface area (Å²) in [6.07, 6.45) is 0.319. The number of carbonyl (C=O) groups is 2. The fourth-order valence-electron chi connectivity index (χ4n) is 1.30. The first-order chi connectivity index (χ1) is 7.51. The van der Waals surface area contributed by atoms with Crippen LogP contribution in [0.25, 0.3) is 0 Å². The number of hydrogen-bond donors (Lipinski definition) is 0. The van der Waals surface area contributed by atoms with Crippen molar-refractivity contribution in [1.29, 1.82) is 0 Å². The molecule has 0 aliphatic carbocycles. The van der Waals surface area contributed by atoms with Crippen LogP contribution in [0.3, 0.4) is 0 Å². The summed E-state index contributed by atoms with van der Waals surface area (Å²) < 4.78 is 7.10. The van der Waals surface area contributed by atoms with Crippen molar-refractivity contribution < 1.29 is 14.3 Å². The van der Waals surface area contributed by atoms with Gasteiger partial charge in [0.2, 0.25) is 0 Å². The zero-order valence-corrected chi connectivity index (χ0v) is 10.9. The summed E-state index contributed by atoms with van der Waals surface area (Å²) in [6, 6.07) is 0. The lowest BCUT2D eigenvalue weighted by atomic mass is 10.3. The summed E-state index contributed by atoms with van der Waals surface area (Å²) in [7, 11) is 0. The molecule has 0 saturated carbocycles. The van der Waals surface area contributed by atoms with E-state index in [0.29, 0.717) is 17.6 Å². The Kier molecular flexibility index (Phi) is 4.23. The molecule has 0 amide bonds. The van der Waals surface area contributed by atoms with Crippen molar-refractivity contribution in [1.82, 2.24) is 9.55 Å². The predicted molar refractivity (Wildman–Crippen MR) is 61.5 cm³/mol. The van der Waals surface area contributed by atoms with Crippen LogP contribution in [-0.2, 0) is 11.3 Å². The van der Waals surface area contributed by atoms with Crippen LogP contribution in [0.5, 0.6) is 0 Å². The fourth-order valence-corrected chi connectivity index (χ4v) is 1.92. The normalized spacial score (nSPS) is 10.6. The quantitative estimate of drug-likeness (QED) is 0.628. The van der Waals surface area contributed by atoms with Crippen LogP contribution >= 0.6 is 15.9 Å². The Balaban J connectivity index is 3.18. The second-order valence-corrected chi connectivity index (χ2v) is 4.14. The van der Waals surface area contributed by atoms with Crippen molar-refractivity contribution in [2.75, 3.05) is 0 Å². The number of nitrogens with zero attached hydrogens (tertiary/aromatic N) is 2. The predicted octanol–water partition coefficient (Wildman–Crippen LogP) is 2.04. The van der Waals surface area contributed by atoms with Crippen LogP contribution in [0.1, 0.15) is 41.7 Å². The van der Waals surface area contributed by atoms with Gasteiger partial charge in [-0.3, -0.25) is 4.79 Å². The smallest absolute Gasteiger partial charge is 0.357 e. The molecule has 1 rings (SSSR count). The van der Waals surface area contributed by atoms with Crippen molar-refractivity contribution in [2.24, 2.45) is 0 Å². The molecular weight excluding hydrogens is 276 g/mol. The highest BCUT2D eigenvalue weighted by atomic mass is 79.9. The van der Waals surface area contributed by atoms with Gasteiger partial charge in [0.15, 0.2) is 16.7 Å². The molecule has 0 fully saturated rings. The van der Waals surface area contributed by atoms with Gasteiger partial charge in [0.25, 0.3) is 0 Å². The van der Waals surface area contributed by atoms with Crippen LogP contribution in [0, 0.1) is 0 Å². The summed E-state index contributed by atoms with van der Waals surface area (Å²) >= 11 is 3.19. The molecule has 0 unspecified atom stereocenters. The van der Waals surface area contributed by atoms with E-state index in [2.05, 4.69) is 20.9 Å². The Morgan fingerprint density at radius 2 is 2.25 bits per heavy atom. The number of rotatable bonds is 4. The van der Waals surface area contributed by atoms with Gasteiger partial charge in [0, 0.05) is 6.54 Å². The molecule has 0 aromatic carbocycles. The molecule has 1 heterocycles. The average molecular weight is 289 g/mol. The molecule has 6 heteroatoms.